The molecule has 0 aromatic heterocycles. The van der Waals surface area contributed by atoms with Crippen LogP contribution in [0, 0.1) is 5.92 Å². The third-order valence-electron chi connectivity index (χ3n) is 5.43. The van der Waals surface area contributed by atoms with Crippen LogP contribution in [-0.2, 0) is 4.79 Å². The van der Waals surface area contributed by atoms with Gasteiger partial charge in [0.15, 0.2) is 5.96 Å². The second kappa shape index (κ2) is 11.0. The van der Waals surface area contributed by atoms with Crippen LogP contribution in [-0.4, -0.2) is 50.5 Å². The molecule has 3 rings (SSSR count). The SMILES string of the molecule is CN=C(NCC(=O)Nc1ccccc1)NCC1CCCN(C)C1c1cccc(Cl)c1. The number of rotatable bonds is 6. The monoisotopic (exact) mass is 427 g/mol. The van der Waals surface area contributed by atoms with Crippen LogP contribution in [0.2, 0.25) is 5.02 Å². The van der Waals surface area contributed by atoms with Crippen molar-refractivity contribution in [1.29, 1.82) is 0 Å². The summed E-state index contributed by atoms with van der Waals surface area (Å²) in [5, 5.41) is 10.1. The Morgan fingerprint density at radius 3 is 2.70 bits per heavy atom. The molecule has 1 saturated heterocycles. The Morgan fingerprint density at radius 1 is 1.17 bits per heavy atom. The van der Waals surface area contributed by atoms with Crippen molar-refractivity contribution in [2.45, 2.75) is 18.9 Å². The maximum atomic E-state index is 12.2. The Labute approximate surface area is 183 Å². The first kappa shape index (κ1) is 22.1. The summed E-state index contributed by atoms with van der Waals surface area (Å²) in [5.41, 5.74) is 2.02. The molecule has 1 heterocycles. The topological polar surface area (TPSA) is 68.8 Å². The Bertz CT molecular complexity index is 858. The molecule has 0 aliphatic carbocycles. The van der Waals surface area contributed by atoms with Crippen molar-refractivity contribution in [3.05, 3.63) is 65.2 Å². The Morgan fingerprint density at radius 2 is 1.97 bits per heavy atom. The molecule has 0 radical (unpaired) electrons. The van der Waals surface area contributed by atoms with Crippen molar-refractivity contribution in [2.75, 3.05) is 39.0 Å². The Hall–Kier alpha value is -2.57. The van der Waals surface area contributed by atoms with E-state index in [-0.39, 0.29) is 12.5 Å². The van der Waals surface area contributed by atoms with E-state index in [4.69, 9.17) is 11.6 Å². The normalized spacial score (nSPS) is 19.9. The third-order valence-corrected chi connectivity index (χ3v) is 5.66. The van der Waals surface area contributed by atoms with Gasteiger partial charge in [0.05, 0.1) is 6.54 Å². The molecule has 1 amide bonds. The fourth-order valence-corrected chi connectivity index (χ4v) is 4.23. The van der Waals surface area contributed by atoms with Crippen molar-refractivity contribution >= 4 is 29.2 Å². The third kappa shape index (κ3) is 6.21. The highest BCUT2D eigenvalue weighted by atomic mass is 35.5. The number of carbonyl (C=O) groups excluding carboxylic acids is 1. The number of hydrogen-bond acceptors (Lipinski definition) is 3. The van der Waals surface area contributed by atoms with Crippen LogP contribution in [0.1, 0.15) is 24.4 Å². The van der Waals surface area contributed by atoms with E-state index in [0.29, 0.717) is 17.9 Å². The Balaban J connectivity index is 1.54. The second-order valence-electron chi connectivity index (χ2n) is 7.60. The number of anilines is 1. The molecule has 0 spiro atoms. The maximum Gasteiger partial charge on any atom is 0.243 e. The zero-order valence-corrected chi connectivity index (χ0v) is 18.3. The van der Waals surface area contributed by atoms with Crippen molar-refractivity contribution in [3.8, 4) is 0 Å². The van der Waals surface area contributed by atoms with E-state index < -0.39 is 0 Å². The van der Waals surface area contributed by atoms with Gasteiger partial charge in [0.2, 0.25) is 5.91 Å². The van der Waals surface area contributed by atoms with E-state index >= 15 is 0 Å². The molecule has 7 heteroatoms. The molecule has 1 fully saturated rings. The summed E-state index contributed by atoms with van der Waals surface area (Å²) < 4.78 is 0. The predicted octanol–water partition coefficient (Wildman–Crippen LogP) is 3.53. The van der Waals surface area contributed by atoms with Gasteiger partial charge in [0, 0.05) is 30.3 Å². The van der Waals surface area contributed by atoms with E-state index in [9.17, 15) is 4.79 Å². The summed E-state index contributed by atoms with van der Waals surface area (Å²) in [5.74, 6) is 0.925. The van der Waals surface area contributed by atoms with E-state index in [1.165, 1.54) is 5.56 Å². The second-order valence-corrected chi connectivity index (χ2v) is 8.04. The number of halogens is 1. The quantitative estimate of drug-likeness (QED) is 0.487. The minimum atomic E-state index is -0.113. The maximum absolute atomic E-state index is 12.2. The molecule has 160 valence electrons. The number of nitrogens with one attached hydrogen (secondary N) is 3. The molecule has 2 atom stereocenters. The van der Waals surface area contributed by atoms with E-state index in [0.717, 1.165) is 36.6 Å². The molecule has 0 bridgehead atoms. The van der Waals surface area contributed by atoms with E-state index in [1.807, 2.05) is 42.5 Å². The van der Waals surface area contributed by atoms with Crippen LogP contribution in [0.3, 0.4) is 0 Å². The molecular weight excluding hydrogens is 398 g/mol. The van der Waals surface area contributed by atoms with Gasteiger partial charge in [-0.15, -0.1) is 0 Å². The molecular formula is C23H30ClN5O. The number of para-hydroxylation sites is 1. The zero-order valence-electron chi connectivity index (χ0n) is 17.6. The average molecular weight is 428 g/mol. The number of piperidine rings is 1. The molecule has 2 aromatic rings. The summed E-state index contributed by atoms with van der Waals surface area (Å²) in [6, 6.07) is 17.8. The minimum absolute atomic E-state index is 0.113. The van der Waals surface area contributed by atoms with Gasteiger partial charge in [0.1, 0.15) is 0 Å². The first-order valence-corrected chi connectivity index (χ1v) is 10.7. The number of hydrogen-bond donors (Lipinski definition) is 3. The lowest BCUT2D eigenvalue weighted by Gasteiger charge is -2.40. The van der Waals surface area contributed by atoms with Gasteiger partial charge >= 0.3 is 0 Å². The van der Waals surface area contributed by atoms with E-state index in [1.54, 1.807) is 7.05 Å². The van der Waals surface area contributed by atoms with Gasteiger partial charge < -0.3 is 16.0 Å². The Kier molecular flexibility index (Phi) is 8.11. The highest BCUT2D eigenvalue weighted by Gasteiger charge is 2.30. The number of aliphatic imine (C=N–C) groups is 1. The van der Waals surface area contributed by atoms with Gasteiger partial charge in [-0.05, 0) is 62.2 Å². The lowest BCUT2D eigenvalue weighted by Crippen LogP contribution is -2.46. The lowest BCUT2D eigenvalue weighted by molar-refractivity contribution is -0.115. The molecule has 6 nitrogen and oxygen atoms in total. The fraction of sp³-hybridized carbons (Fsp3) is 0.391. The minimum Gasteiger partial charge on any atom is -0.356 e. The number of guanidine groups is 1. The molecule has 1 aliphatic rings. The zero-order chi connectivity index (χ0) is 21.3. The fourth-order valence-electron chi connectivity index (χ4n) is 4.03. The number of likely N-dealkylation sites (tertiary alicyclic amines) is 1. The largest absolute Gasteiger partial charge is 0.356 e. The van der Waals surface area contributed by atoms with E-state index in [2.05, 4.69) is 45.0 Å². The van der Waals surface area contributed by atoms with Crippen LogP contribution in [0.4, 0.5) is 5.69 Å². The molecule has 3 N–H and O–H groups in total. The van der Waals surface area contributed by atoms with Gasteiger partial charge in [0.25, 0.3) is 0 Å². The molecule has 2 unspecified atom stereocenters. The summed E-state index contributed by atoms with van der Waals surface area (Å²) in [6.07, 6.45) is 2.28. The van der Waals surface area contributed by atoms with Crippen LogP contribution in [0.25, 0.3) is 0 Å². The van der Waals surface area contributed by atoms with Crippen LogP contribution in [0.5, 0.6) is 0 Å². The van der Waals surface area contributed by atoms with Crippen LogP contribution >= 0.6 is 11.6 Å². The van der Waals surface area contributed by atoms with Crippen molar-refractivity contribution < 1.29 is 4.79 Å². The number of carbonyl (C=O) groups is 1. The van der Waals surface area contributed by atoms with Gasteiger partial charge in [-0.3, -0.25) is 14.7 Å². The summed E-state index contributed by atoms with van der Waals surface area (Å²) in [7, 11) is 3.88. The molecule has 1 aliphatic heterocycles. The number of amides is 1. The first-order chi connectivity index (χ1) is 14.6. The van der Waals surface area contributed by atoms with Gasteiger partial charge in [-0.25, -0.2) is 0 Å². The number of benzene rings is 2. The summed E-state index contributed by atoms with van der Waals surface area (Å²) >= 11 is 6.24. The smallest absolute Gasteiger partial charge is 0.243 e. The van der Waals surface area contributed by atoms with Crippen molar-refractivity contribution in [1.82, 2.24) is 15.5 Å². The molecule has 2 aromatic carbocycles. The molecule has 0 saturated carbocycles. The summed E-state index contributed by atoms with van der Waals surface area (Å²) in [4.78, 5) is 18.8. The van der Waals surface area contributed by atoms with Crippen LogP contribution in [0.15, 0.2) is 59.6 Å². The highest BCUT2D eigenvalue weighted by Crippen LogP contribution is 2.35. The van der Waals surface area contributed by atoms with Gasteiger partial charge in [-0.2, -0.15) is 0 Å². The highest BCUT2D eigenvalue weighted by molar-refractivity contribution is 6.30. The van der Waals surface area contributed by atoms with Gasteiger partial charge in [-0.1, -0.05) is 41.9 Å². The first-order valence-electron chi connectivity index (χ1n) is 10.3. The number of nitrogens with zero attached hydrogens (tertiary/aromatic N) is 2. The molecule has 30 heavy (non-hydrogen) atoms. The predicted molar refractivity (Wildman–Crippen MR) is 124 cm³/mol. The van der Waals surface area contributed by atoms with Crippen molar-refractivity contribution in [3.63, 3.8) is 0 Å². The van der Waals surface area contributed by atoms with Crippen molar-refractivity contribution in [2.24, 2.45) is 10.9 Å². The average Bonchev–Trinajstić information content (AvgIpc) is 2.74. The standard InChI is InChI=1S/C23H30ClN5O/c1-25-23(27-16-21(30)28-20-11-4-3-5-12-20)26-15-18-9-7-13-29(2)22(18)17-8-6-10-19(24)14-17/h3-6,8,10-12,14,18,22H,7,9,13,15-16H2,1-2H3,(H,28,30)(H2,25,26,27). The summed E-state index contributed by atoms with van der Waals surface area (Å²) in [6.45, 7) is 1.98. The van der Waals surface area contributed by atoms with Crippen LogP contribution < -0.4 is 16.0 Å². The lowest BCUT2D eigenvalue weighted by atomic mass is 9.85.